The lowest BCUT2D eigenvalue weighted by atomic mass is 10.0. The Balaban J connectivity index is 2.08. The minimum absolute atomic E-state index is 0.268. The topological polar surface area (TPSA) is 25.2 Å². The van der Waals surface area contributed by atoms with Gasteiger partial charge in [0.2, 0.25) is 0 Å². The molecule has 2 heterocycles. The van der Waals surface area contributed by atoms with Gasteiger partial charge in [-0.1, -0.05) is 6.92 Å². The highest BCUT2D eigenvalue weighted by molar-refractivity contribution is 5.88. The van der Waals surface area contributed by atoms with Crippen LogP contribution in [0.1, 0.15) is 42.7 Å². The first-order chi connectivity index (χ1) is 10.0. The average Bonchev–Trinajstić information content (AvgIpc) is 2.95. The standard InChI is InChI=1S/C18H24N2O/c1-5-20-10-14-8-17-16(7-6-12(2)21)13(3)19(4)18(17)9-15(14)11-20/h8-9H,5-7,10-11H2,1-4H3. The van der Waals surface area contributed by atoms with Crippen LogP contribution in [0.15, 0.2) is 12.1 Å². The Morgan fingerprint density at radius 1 is 1.24 bits per heavy atom. The summed E-state index contributed by atoms with van der Waals surface area (Å²) in [5.74, 6) is 0.268. The largest absolute Gasteiger partial charge is 0.348 e. The molecule has 112 valence electrons. The van der Waals surface area contributed by atoms with E-state index in [1.54, 1.807) is 6.92 Å². The highest BCUT2D eigenvalue weighted by Crippen LogP contribution is 2.32. The number of aryl methyl sites for hydroxylation is 2. The maximum Gasteiger partial charge on any atom is 0.130 e. The molecule has 1 aliphatic rings. The summed E-state index contributed by atoms with van der Waals surface area (Å²) in [6, 6.07) is 4.72. The number of hydrogen-bond donors (Lipinski definition) is 0. The van der Waals surface area contributed by atoms with Crippen LogP contribution in [0.4, 0.5) is 0 Å². The third-order valence-electron chi connectivity index (χ3n) is 4.91. The molecule has 3 nitrogen and oxygen atoms in total. The number of Topliss-reactive ketones (excluding diaryl/α,β-unsaturated/α-hetero) is 1. The van der Waals surface area contributed by atoms with Gasteiger partial charge in [-0.15, -0.1) is 0 Å². The van der Waals surface area contributed by atoms with Crippen LogP contribution in [0, 0.1) is 6.92 Å². The van der Waals surface area contributed by atoms with Crippen molar-refractivity contribution in [1.29, 1.82) is 0 Å². The molecule has 3 heteroatoms. The van der Waals surface area contributed by atoms with E-state index in [1.165, 1.54) is 33.3 Å². The van der Waals surface area contributed by atoms with Crippen molar-refractivity contribution < 1.29 is 4.79 Å². The SMILES string of the molecule is CCN1Cc2cc3c(CCC(C)=O)c(C)n(C)c3cc2C1. The van der Waals surface area contributed by atoms with Gasteiger partial charge in [0.15, 0.2) is 0 Å². The van der Waals surface area contributed by atoms with Crippen molar-refractivity contribution in [1.82, 2.24) is 9.47 Å². The van der Waals surface area contributed by atoms with Crippen molar-refractivity contribution in [3.05, 3.63) is 34.5 Å². The molecule has 0 radical (unpaired) electrons. The molecule has 2 aromatic rings. The molecule has 0 amide bonds. The van der Waals surface area contributed by atoms with Gasteiger partial charge in [-0.2, -0.15) is 0 Å². The van der Waals surface area contributed by atoms with E-state index in [9.17, 15) is 4.79 Å². The maximum atomic E-state index is 11.3. The number of benzene rings is 1. The summed E-state index contributed by atoms with van der Waals surface area (Å²) in [4.78, 5) is 13.8. The lowest BCUT2D eigenvalue weighted by molar-refractivity contribution is -0.116. The van der Waals surface area contributed by atoms with Crippen LogP contribution in [-0.4, -0.2) is 21.8 Å². The molecule has 0 saturated carbocycles. The van der Waals surface area contributed by atoms with Crippen molar-refractivity contribution in [2.75, 3.05) is 6.54 Å². The zero-order chi connectivity index (χ0) is 15.1. The van der Waals surface area contributed by atoms with Gasteiger partial charge in [-0.25, -0.2) is 0 Å². The number of rotatable bonds is 4. The van der Waals surface area contributed by atoms with Gasteiger partial charge < -0.3 is 9.36 Å². The fourth-order valence-electron chi connectivity index (χ4n) is 3.45. The van der Waals surface area contributed by atoms with Gasteiger partial charge >= 0.3 is 0 Å². The Morgan fingerprint density at radius 2 is 1.90 bits per heavy atom. The molecule has 0 bridgehead atoms. The number of nitrogens with zero attached hydrogens (tertiary/aromatic N) is 2. The first-order valence-electron chi connectivity index (χ1n) is 7.82. The predicted molar refractivity (Wildman–Crippen MR) is 86.4 cm³/mol. The summed E-state index contributed by atoms with van der Waals surface area (Å²) >= 11 is 0. The number of ketones is 1. The van der Waals surface area contributed by atoms with E-state index in [1.807, 2.05) is 0 Å². The monoisotopic (exact) mass is 284 g/mol. The second kappa shape index (κ2) is 5.30. The highest BCUT2D eigenvalue weighted by Gasteiger charge is 2.21. The number of hydrogen-bond acceptors (Lipinski definition) is 2. The van der Waals surface area contributed by atoms with Crippen molar-refractivity contribution in [3.8, 4) is 0 Å². The molecule has 21 heavy (non-hydrogen) atoms. The van der Waals surface area contributed by atoms with E-state index in [-0.39, 0.29) is 5.78 Å². The summed E-state index contributed by atoms with van der Waals surface area (Å²) in [6.07, 6.45) is 1.49. The summed E-state index contributed by atoms with van der Waals surface area (Å²) in [5.41, 5.74) is 6.87. The van der Waals surface area contributed by atoms with Gasteiger partial charge in [0.1, 0.15) is 5.78 Å². The molecule has 0 spiro atoms. The molecule has 1 aromatic heterocycles. The van der Waals surface area contributed by atoms with Crippen LogP contribution in [-0.2, 0) is 31.4 Å². The molecule has 0 fully saturated rings. The summed E-state index contributed by atoms with van der Waals surface area (Å²) in [5, 5.41) is 1.34. The van der Waals surface area contributed by atoms with Crippen LogP contribution >= 0.6 is 0 Å². The van der Waals surface area contributed by atoms with Crippen molar-refractivity contribution >= 4 is 16.7 Å². The molecule has 0 aliphatic carbocycles. The van der Waals surface area contributed by atoms with Gasteiger partial charge in [-0.3, -0.25) is 4.90 Å². The third kappa shape index (κ3) is 2.40. The zero-order valence-electron chi connectivity index (χ0n) is 13.5. The van der Waals surface area contributed by atoms with Crippen molar-refractivity contribution in [2.45, 2.75) is 46.7 Å². The van der Waals surface area contributed by atoms with E-state index >= 15 is 0 Å². The lowest BCUT2D eigenvalue weighted by Gasteiger charge is -2.09. The first kappa shape index (κ1) is 14.3. The first-order valence-corrected chi connectivity index (χ1v) is 7.82. The minimum atomic E-state index is 0.268. The quantitative estimate of drug-likeness (QED) is 0.860. The number of aromatic nitrogens is 1. The van der Waals surface area contributed by atoms with Crippen LogP contribution in [0.3, 0.4) is 0 Å². The Hall–Kier alpha value is -1.61. The molecule has 0 saturated heterocycles. The summed E-state index contributed by atoms with van der Waals surface area (Å²) in [7, 11) is 2.13. The van der Waals surface area contributed by atoms with E-state index in [4.69, 9.17) is 0 Å². The predicted octanol–water partition coefficient (Wildman–Crippen LogP) is 3.34. The van der Waals surface area contributed by atoms with E-state index in [0.717, 1.165) is 26.1 Å². The number of fused-ring (bicyclic) bond motifs is 2. The second-order valence-electron chi connectivity index (χ2n) is 6.27. The van der Waals surface area contributed by atoms with E-state index in [0.29, 0.717) is 6.42 Å². The molecule has 1 aromatic carbocycles. The Kier molecular flexibility index (Phi) is 3.62. The molecule has 0 N–H and O–H groups in total. The van der Waals surface area contributed by atoms with Gasteiger partial charge in [-0.05, 0) is 55.6 Å². The molecular weight excluding hydrogens is 260 g/mol. The zero-order valence-corrected chi connectivity index (χ0v) is 13.5. The fraction of sp³-hybridized carbons (Fsp3) is 0.500. The lowest BCUT2D eigenvalue weighted by Crippen LogP contribution is -2.14. The van der Waals surface area contributed by atoms with Crippen LogP contribution in [0.25, 0.3) is 10.9 Å². The normalized spacial score (nSPS) is 14.9. The number of carbonyl (C=O) groups excluding carboxylic acids is 1. The van der Waals surface area contributed by atoms with E-state index in [2.05, 4.69) is 42.5 Å². The fourth-order valence-corrected chi connectivity index (χ4v) is 3.45. The highest BCUT2D eigenvalue weighted by atomic mass is 16.1. The van der Waals surface area contributed by atoms with E-state index < -0.39 is 0 Å². The summed E-state index contributed by atoms with van der Waals surface area (Å²) in [6.45, 7) is 9.28. The van der Waals surface area contributed by atoms with Crippen molar-refractivity contribution in [3.63, 3.8) is 0 Å². The number of carbonyl (C=O) groups is 1. The summed E-state index contributed by atoms with van der Waals surface area (Å²) < 4.78 is 2.28. The van der Waals surface area contributed by atoms with Crippen LogP contribution < -0.4 is 0 Å². The van der Waals surface area contributed by atoms with Crippen LogP contribution in [0.5, 0.6) is 0 Å². The molecule has 0 unspecified atom stereocenters. The van der Waals surface area contributed by atoms with Gasteiger partial charge in [0.05, 0.1) is 0 Å². The van der Waals surface area contributed by atoms with Crippen LogP contribution in [0.2, 0.25) is 0 Å². The maximum absolute atomic E-state index is 11.3. The van der Waals surface area contributed by atoms with Gasteiger partial charge in [0, 0.05) is 43.2 Å². The molecule has 1 aliphatic heterocycles. The Bertz CT molecular complexity index is 712. The Labute approximate surface area is 126 Å². The molecule has 3 rings (SSSR count). The van der Waals surface area contributed by atoms with Gasteiger partial charge in [0.25, 0.3) is 0 Å². The second-order valence-corrected chi connectivity index (χ2v) is 6.27. The minimum Gasteiger partial charge on any atom is -0.348 e. The average molecular weight is 284 g/mol. The molecule has 0 atom stereocenters. The third-order valence-corrected chi connectivity index (χ3v) is 4.91. The smallest absolute Gasteiger partial charge is 0.130 e. The van der Waals surface area contributed by atoms with Crippen molar-refractivity contribution in [2.24, 2.45) is 7.05 Å². The Morgan fingerprint density at radius 3 is 2.52 bits per heavy atom. The molecular formula is C18H24N2O.